The van der Waals surface area contributed by atoms with Gasteiger partial charge in [-0.05, 0) is 49.7 Å². The predicted octanol–water partition coefficient (Wildman–Crippen LogP) is 3.63. The molecule has 2 heteroatoms. The topological polar surface area (TPSA) is 24.9 Å². The summed E-state index contributed by atoms with van der Waals surface area (Å²) in [4.78, 5) is 4.41. The Kier molecular flexibility index (Phi) is 3.47. The Morgan fingerprint density at radius 3 is 2.69 bits per heavy atom. The molecule has 1 saturated carbocycles. The first-order valence-corrected chi connectivity index (χ1v) is 6.34. The summed E-state index contributed by atoms with van der Waals surface area (Å²) in [6, 6.07) is 4.80. The van der Waals surface area contributed by atoms with Crippen molar-refractivity contribution in [2.45, 2.75) is 46.1 Å². The molecular weight excluding hydrogens is 196 g/mol. The molecule has 0 aliphatic heterocycles. The Bertz CT molecular complexity index is 331. The van der Waals surface area contributed by atoms with Crippen molar-refractivity contribution in [1.82, 2.24) is 4.98 Å². The molecule has 1 aromatic heterocycles. The van der Waals surface area contributed by atoms with Crippen molar-refractivity contribution in [1.29, 1.82) is 0 Å². The maximum Gasteiger partial charge on any atom is 0.126 e. The van der Waals surface area contributed by atoms with Crippen molar-refractivity contribution in [2.24, 2.45) is 11.8 Å². The fourth-order valence-electron chi connectivity index (χ4n) is 2.62. The van der Waals surface area contributed by atoms with Gasteiger partial charge in [0.05, 0.1) is 0 Å². The van der Waals surface area contributed by atoms with E-state index < -0.39 is 0 Å². The zero-order valence-electron chi connectivity index (χ0n) is 10.5. The summed E-state index contributed by atoms with van der Waals surface area (Å²) in [6.07, 6.45) is 5.88. The second kappa shape index (κ2) is 4.86. The molecule has 1 N–H and O–H groups in total. The summed E-state index contributed by atoms with van der Waals surface area (Å²) in [7, 11) is 0. The standard InChI is InChI=1S/C14H22N2/c1-10-4-6-13(12(3)8-10)16-14-7-5-11(2)9-15-14/h5,7,9-10,12-13H,4,6,8H2,1-3H3,(H,15,16). The number of nitrogens with zero attached hydrogens (tertiary/aromatic N) is 1. The Morgan fingerprint density at radius 2 is 2.06 bits per heavy atom. The minimum atomic E-state index is 0.603. The van der Waals surface area contributed by atoms with Crippen LogP contribution in [-0.4, -0.2) is 11.0 Å². The summed E-state index contributed by atoms with van der Waals surface area (Å²) in [5, 5.41) is 3.57. The van der Waals surface area contributed by atoms with Crippen LogP contribution in [-0.2, 0) is 0 Å². The van der Waals surface area contributed by atoms with Gasteiger partial charge in [-0.15, -0.1) is 0 Å². The molecule has 3 atom stereocenters. The van der Waals surface area contributed by atoms with E-state index in [9.17, 15) is 0 Å². The van der Waals surface area contributed by atoms with Crippen LogP contribution < -0.4 is 5.32 Å². The number of anilines is 1. The van der Waals surface area contributed by atoms with Crippen molar-refractivity contribution in [3.63, 3.8) is 0 Å². The highest BCUT2D eigenvalue weighted by Crippen LogP contribution is 2.30. The van der Waals surface area contributed by atoms with Gasteiger partial charge in [-0.2, -0.15) is 0 Å². The van der Waals surface area contributed by atoms with E-state index in [1.165, 1.54) is 24.8 Å². The zero-order chi connectivity index (χ0) is 11.5. The Labute approximate surface area is 98.5 Å². The van der Waals surface area contributed by atoms with Gasteiger partial charge in [0, 0.05) is 12.2 Å². The van der Waals surface area contributed by atoms with Crippen molar-refractivity contribution in [3.8, 4) is 0 Å². The van der Waals surface area contributed by atoms with Gasteiger partial charge < -0.3 is 5.32 Å². The molecule has 0 aromatic carbocycles. The van der Waals surface area contributed by atoms with Crippen LogP contribution in [0.1, 0.15) is 38.7 Å². The maximum absolute atomic E-state index is 4.41. The lowest BCUT2D eigenvalue weighted by molar-refractivity contribution is 0.276. The quantitative estimate of drug-likeness (QED) is 0.820. The summed E-state index contributed by atoms with van der Waals surface area (Å²) < 4.78 is 0. The highest BCUT2D eigenvalue weighted by atomic mass is 15.0. The summed E-state index contributed by atoms with van der Waals surface area (Å²) in [6.45, 7) is 6.78. The molecule has 2 nitrogen and oxygen atoms in total. The number of pyridine rings is 1. The Hall–Kier alpha value is -1.05. The summed E-state index contributed by atoms with van der Waals surface area (Å²) in [5.74, 6) is 2.67. The minimum Gasteiger partial charge on any atom is -0.367 e. The normalized spacial score (nSPS) is 30.1. The average Bonchev–Trinajstić information content (AvgIpc) is 2.25. The van der Waals surface area contributed by atoms with Crippen LogP contribution in [0.2, 0.25) is 0 Å². The van der Waals surface area contributed by atoms with Crippen LogP contribution in [0.15, 0.2) is 18.3 Å². The first-order chi connectivity index (χ1) is 7.65. The largest absolute Gasteiger partial charge is 0.367 e. The van der Waals surface area contributed by atoms with Crippen LogP contribution in [0.4, 0.5) is 5.82 Å². The van der Waals surface area contributed by atoms with E-state index in [1.807, 2.05) is 6.20 Å². The second-order valence-electron chi connectivity index (χ2n) is 5.37. The SMILES string of the molecule is Cc1ccc(NC2CCC(C)CC2C)nc1. The molecule has 1 heterocycles. The molecule has 1 aliphatic carbocycles. The highest BCUT2D eigenvalue weighted by Gasteiger charge is 2.25. The number of aryl methyl sites for hydroxylation is 1. The van der Waals surface area contributed by atoms with Gasteiger partial charge >= 0.3 is 0 Å². The molecule has 0 amide bonds. The van der Waals surface area contributed by atoms with E-state index in [-0.39, 0.29) is 0 Å². The summed E-state index contributed by atoms with van der Waals surface area (Å²) in [5.41, 5.74) is 1.22. The van der Waals surface area contributed by atoms with Gasteiger partial charge in [0.1, 0.15) is 5.82 Å². The molecule has 0 radical (unpaired) electrons. The van der Waals surface area contributed by atoms with Crippen LogP contribution in [0.5, 0.6) is 0 Å². The third-order valence-corrected chi connectivity index (χ3v) is 3.68. The van der Waals surface area contributed by atoms with Gasteiger partial charge in [0.2, 0.25) is 0 Å². The van der Waals surface area contributed by atoms with Gasteiger partial charge in [-0.1, -0.05) is 19.9 Å². The molecule has 1 fully saturated rings. The first-order valence-electron chi connectivity index (χ1n) is 6.34. The van der Waals surface area contributed by atoms with Crippen molar-refractivity contribution in [3.05, 3.63) is 23.9 Å². The fourth-order valence-corrected chi connectivity index (χ4v) is 2.62. The maximum atomic E-state index is 4.41. The molecule has 0 spiro atoms. The van der Waals surface area contributed by atoms with E-state index in [4.69, 9.17) is 0 Å². The minimum absolute atomic E-state index is 0.603. The molecule has 1 aromatic rings. The third kappa shape index (κ3) is 2.75. The number of aromatic nitrogens is 1. The molecule has 16 heavy (non-hydrogen) atoms. The lowest BCUT2D eigenvalue weighted by Crippen LogP contribution is -2.33. The lowest BCUT2D eigenvalue weighted by Gasteiger charge is -2.33. The van der Waals surface area contributed by atoms with Gasteiger partial charge in [-0.25, -0.2) is 4.98 Å². The first kappa shape index (κ1) is 11.4. The van der Waals surface area contributed by atoms with Crippen LogP contribution >= 0.6 is 0 Å². The number of nitrogens with one attached hydrogen (secondary N) is 1. The Balaban J connectivity index is 1.96. The Morgan fingerprint density at radius 1 is 1.25 bits per heavy atom. The van der Waals surface area contributed by atoms with E-state index >= 15 is 0 Å². The molecule has 3 unspecified atom stereocenters. The molecule has 2 rings (SSSR count). The smallest absolute Gasteiger partial charge is 0.126 e. The van der Waals surface area contributed by atoms with Crippen LogP contribution in [0.25, 0.3) is 0 Å². The van der Waals surface area contributed by atoms with E-state index in [2.05, 4.69) is 43.2 Å². The van der Waals surface area contributed by atoms with Crippen molar-refractivity contribution < 1.29 is 0 Å². The third-order valence-electron chi connectivity index (χ3n) is 3.68. The monoisotopic (exact) mass is 218 g/mol. The zero-order valence-corrected chi connectivity index (χ0v) is 10.5. The predicted molar refractivity (Wildman–Crippen MR) is 68.6 cm³/mol. The molecule has 1 aliphatic rings. The van der Waals surface area contributed by atoms with E-state index in [0.29, 0.717) is 6.04 Å². The fraction of sp³-hybridized carbons (Fsp3) is 0.643. The van der Waals surface area contributed by atoms with Crippen LogP contribution in [0.3, 0.4) is 0 Å². The lowest BCUT2D eigenvalue weighted by atomic mass is 9.80. The van der Waals surface area contributed by atoms with Crippen molar-refractivity contribution in [2.75, 3.05) is 5.32 Å². The van der Waals surface area contributed by atoms with Gasteiger partial charge in [0.25, 0.3) is 0 Å². The molecular formula is C14H22N2. The number of hydrogen-bond acceptors (Lipinski definition) is 2. The van der Waals surface area contributed by atoms with Gasteiger partial charge in [-0.3, -0.25) is 0 Å². The molecule has 0 bridgehead atoms. The number of rotatable bonds is 2. The summed E-state index contributed by atoms with van der Waals surface area (Å²) >= 11 is 0. The number of hydrogen-bond donors (Lipinski definition) is 1. The average molecular weight is 218 g/mol. The van der Waals surface area contributed by atoms with Crippen molar-refractivity contribution >= 4 is 5.82 Å². The van der Waals surface area contributed by atoms with Crippen LogP contribution in [0, 0.1) is 18.8 Å². The van der Waals surface area contributed by atoms with E-state index in [1.54, 1.807) is 0 Å². The molecule has 0 saturated heterocycles. The molecule has 88 valence electrons. The highest BCUT2D eigenvalue weighted by molar-refractivity contribution is 5.36. The van der Waals surface area contributed by atoms with E-state index in [0.717, 1.165) is 17.7 Å². The second-order valence-corrected chi connectivity index (χ2v) is 5.37. The van der Waals surface area contributed by atoms with Gasteiger partial charge in [0.15, 0.2) is 0 Å².